The fourth-order valence-electron chi connectivity index (χ4n) is 3.11. The van der Waals surface area contributed by atoms with Crippen molar-refractivity contribution in [2.24, 2.45) is 5.92 Å². The summed E-state index contributed by atoms with van der Waals surface area (Å²) in [5, 5.41) is 18.9. The number of aromatic nitrogens is 3. The van der Waals surface area contributed by atoms with Crippen molar-refractivity contribution in [3.63, 3.8) is 0 Å². The van der Waals surface area contributed by atoms with E-state index in [4.69, 9.17) is 4.74 Å². The molecule has 0 amide bonds. The van der Waals surface area contributed by atoms with E-state index in [1.807, 2.05) is 34.6 Å². The average Bonchev–Trinajstić information content (AvgIpc) is 3.16. The van der Waals surface area contributed by atoms with Crippen molar-refractivity contribution in [3.8, 4) is 17.0 Å². The van der Waals surface area contributed by atoms with E-state index in [0.717, 1.165) is 6.07 Å². The molecule has 8 nitrogen and oxygen atoms in total. The molecule has 3 aromatic rings. The molecule has 34 heavy (non-hydrogen) atoms. The molecular weight excluding hydrogens is 451 g/mol. The van der Waals surface area contributed by atoms with Crippen LogP contribution < -0.4 is 10.1 Å². The highest BCUT2D eigenvalue weighted by Gasteiger charge is 2.32. The van der Waals surface area contributed by atoms with Gasteiger partial charge in [0.2, 0.25) is 0 Å². The summed E-state index contributed by atoms with van der Waals surface area (Å²) < 4.78 is 46.5. The summed E-state index contributed by atoms with van der Waals surface area (Å²) in [5.41, 5.74) is -0.672. The van der Waals surface area contributed by atoms with Crippen LogP contribution in [0.2, 0.25) is 0 Å². The minimum absolute atomic E-state index is 0.0106. The number of anilines is 2. The number of hydrogen-bond donors (Lipinski definition) is 1. The number of alkyl halides is 3. The second-order valence-corrected chi connectivity index (χ2v) is 9.17. The zero-order valence-electron chi connectivity index (χ0n) is 19.5. The molecular formula is C23H26F3N5O3. The first-order valence-electron chi connectivity index (χ1n) is 10.6. The van der Waals surface area contributed by atoms with Crippen LogP contribution in [0.1, 0.15) is 40.3 Å². The Morgan fingerprint density at radius 3 is 2.44 bits per heavy atom. The van der Waals surface area contributed by atoms with Gasteiger partial charge in [-0.2, -0.15) is 18.3 Å². The fourth-order valence-corrected chi connectivity index (χ4v) is 3.11. The molecule has 0 saturated carbocycles. The van der Waals surface area contributed by atoms with Gasteiger partial charge in [-0.05, 0) is 51.0 Å². The highest BCUT2D eigenvalue weighted by atomic mass is 19.4. The van der Waals surface area contributed by atoms with Crippen LogP contribution in [0.3, 0.4) is 0 Å². The number of rotatable bonds is 7. The first-order valence-corrected chi connectivity index (χ1v) is 10.6. The van der Waals surface area contributed by atoms with Crippen molar-refractivity contribution in [3.05, 3.63) is 58.3 Å². The Bertz CT molecular complexity index is 1180. The maximum absolute atomic E-state index is 13.1. The van der Waals surface area contributed by atoms with E-state index in [1.165, 1.54) is 18.2 Å². The van der Waals surface area contributed by atoms with Crippen LogP contribution >= 0.6 is 0 Å². The third-order valence-corrected chi connectivity index (χ3v) is 4.66. The Balaban J connectivity index is 2.03. The maximum Gasteiger partial charge on any atom is 0.433 e. The minimum atomic E-state index is -4.57. The summed E-state index contributed by atoms with van der Waals surface area (Å²) >= 11 is 0. The van der Waals surface area contributed by atoms with Crippen LogP contribution in [-0.4, -0.2) is 26.3 Å². The van der Waals surface area contributed by atoms with Gasteiger partial charge in [-0.3, -0.25) is 10.1 Å². The molecule has 0 spiro atoms. The van der Waals surface area contributed by atoms with Gasteiger partial charge in [-0.1, -0.05) is 19.9 Å². The van der Waals surface area contributed by atoms with Crippen LogP contribution in [0.5, 0.6) is 5.75 Å². The van der Waals surface area contributed by atoms with E-state index in [0.29, 0.717) is 23.7 Å². The number of hydrogen-bond acceptors (Lipinski definition) is 6. The Morgan fingerprint density at radius 2 is 1.85 bits per heavy atom. The lowest BCUT2D eigenvalue weighted by molar-refractivity contribution is -0.385. The highest BCUT2D eigenvalue weighted by molar-refractivity contribution is 5.69. The van der Waals surface area contributed by atoms with E-state index in [9.17, 15) is 23.3 Å². The molecule has 0 radical (unpaired) electrons. The zero-order chi connectivity index (χ0) is 25.3. The minimum Gasteiger partial charge on any atom is -0.487 e. The van der Waals surface area contributed by atoms with Gasteiger partial charge in [0.15, 0.2) is 5.75 Å². The molecule has 0 aliphatic heterocycles. The highest BCUT2D eigenvalue weighted by Crippen LogP contribution is 2.35. The van der Waals surface area contributed by atoms with Gasteiger partial charge in [0.1, 0.15) is 17.3 Å². The van der Waals surface area contributed by atoms with Crippen molar-refractivity contribution in [1.29, 1.82) is 0 Å². The van der Waals surface area contributed by atoms with E-state index in [1.54, 1.807) is 22.9 Å². The topological polar surface area (TPSA) is 95.1 Å². The predicted octanol–water partition coefficient (Wildman–Crippen LogP) is 6.41. The summed E-state index contributed by atoms with van der Waals surface area (Å²) in [4.78, 5) is 14.6. The molecule has 0 bridgehead atoms. The Labute approximate surface area is 194 Å². The molecule has 0 aliphatic rings. The van der Waals surface area contributed by atoms with Gasteiger partial charge in [0.25, 0.3) is 0 Å². The summed E-state index contributed by atoms with van der Waals surface area (Å²) in [6.45, 7) is 9.83. The van der Waals surface area contributed by atoms with Crippen LogP contribution in [0.25, 0.3) is 11.3 Å². The van der Waals surface area contributed by atoms with Gasteiger partial charge in [-0.25, -0.2) is 9.67 Å². The number of pyridine rings is 1. The lowest BCUT2D eigenvalue weighted by Gasteiger charge is -2.22. The maximum atomic E-state index is 13.1. The van der Waals surface area contributed by atoms with E-state index < -0.39 is 22.3 Å². The first-order chi connectivity index (χ1) is 15.8. The lowest BCUT2D eigenvalue weighted by atomic mass is 10.1. The summed E-state index contributed by atoms with van der Waals surface area (Å²) in [7, 11) is 0. The summed E-state index contributed by atoms with van der Waals surface area (Å²) in [6.07, 6.45) is -4.57. The van der Waals surface area contributed by atoms with E-state index >= 15 is 0 Å². The number of benzene rings is 1. The molecule has 0 unspecified atom stereocenters. The molecule has 182 valence electrons. The zero-order valence-corrected chi connectivity index (χ0v) is 19.5. The molecule has 0 fully saturated rings. The summed E-state index contributed by atoms with van der Waals surface area (Å²) in [6, 6.07) is 9.70. The van der Waals surface area contributed by atoms with Crippen molar-refractivity contribution in [2.75, 3.05) is 11.9 Å². The number of nitrogens with one attached hydrogen (secondary N) is 1. The molecule has 2 aromatic heterocycles. The number of nitrogens with zero attached hydrogens (tertiary/aromatic N) is 4. The molecule has 0 saturated heterocycles. The Hall–Kier alpha value is -3.63. The van der Waals surface area contributed by atoms with Gasteiger partial charge >= 0.3 is 11.9 Å². The smallest absolute Gasteiger partial charge is 0.433 e. The third kappa shape index (κ3) is 5.83. The van der Waals surface area contributed by atoms with Gasteiger partial charge < -0.3 is 10.1 Å². The molecule has 1 aromatic carbocycles. The molecule has 3 rings (SSSR count). The molecule has 0 aliphatic carbocycles. The van der Waals surface area contributed by atoms with Gasteiger partial charge in [0.05, 0.1) is 22.8 Å². The molecule has 11 heteroatoms. The third-order valence-electron chi connectivity index (χ3n) is 4.66. The standard InChI is InChI=1S/C23H26F3N5O3/c1-14(2)13-34-18-11-15(9-10-17(18)31(32)33)16-12-21(30(29-16)22(3,4)5)28-20-8-6-7-19(27-20)23(24,25)26/h6-12,14H,13H2,1-5H3,(H,27,28). The van der Waals surface area contributed by atoms with Crippen molar-refractivity contribution in [1.82, 2.24) is 14.8 Å². The predicted molar refractivity (Wildman–Crippen MR) is 122 cm³/mol. The van der Waals surface area contributed by atoms with Crippen molar-refractivity contribution in [2.45, 2.75) is 46.3 Å². The fraction of sp³-hybridized carbons (Fsp3) is 0.391. The summed E-state index contributed by atoms with van der Waals surface area (Å²) in [5.74, 6) is 0.712. The quantitative estimate of drug-likeness (QED) is 0.312. The number of halogens is 3. The van der Waals surface area contributed by atoms with E-state index in [-0.39, 0.29) is 23.2 Å². The lowest BCUT2D eigenvalue weighted by Crippen LogP contribution is -2.24. The largest absolute Gasteiger partial charge is 0.487 e. The van der Waals surface area contributed by atoms with Crippen molar-refractivity contribution < 1.29 is 22.8 Å². The second-order valence-electron chi connectivity index (χ2n) is 9.17. The average molecular weight is 477 g/mol. The van der Waals surface area contributed by atoms with Gasteiger partial charge in [-0.15, -0.1) is 0 Å². The monoisotopic (exact) mass is 477 g/mol. The van der Waals surface area contributed by atoms with Crippen LogP contribution in [0.4, 0.5) is 30.5 Å². The molecule has 1 N–H and O–H groups in total. The van der Waals surface area contributed by atoms with Gasteiger partial charge in [0, 0.05) is 17.7 Å². The SMILES string of the molecule is CC(C)COc1cc(-c2cc(Nc3cccc(C(F)(F)F)n3)n(C(C)(C)C)n2)ccc1[N+](=O)[O-]. The number of ether oxygens (including phenoxy) is 1. The van der Waals surface area contributed by atoms with Crippen LogP contribution in [0.15, 0.2) is 42.5 Å². The Morgan fingerprint density at radius 1 is 1.15 bits per heavy atom. The molecule has 0 atom stereocenters. The van der Waals surface area contributed by atoms with Crippen LogP contribution in [0, 0.1) is 16.0 Å². The molecule has 2 heterocycles. The van der Waals surface area contributed by atoms with Crippen molar-refractivity contribution >= 4 is 17.3 Å². The normalized spacial score (nSPS) is 12.1. The number of nitro groups is 1. The number of nitro benzene ring substituents is 1. The van der Waals surface area contributed by atoms with Crippen LogP contribution in [-0.2, 0) is 11.7 Å². The van der Waals surface area contributed by atoms with E-state index in [2.05, 4.69) is 15.4 Å². The second kappa shape index (κ2) is 9.32. The first kappa shape index (κ1) is 25.0. The Kier molecular flexibility index (Phi) is 6.85.